The molecule has 1 aromatic heterocycles. The van der Waals surface area contributed by atoms with Crippen LogP contribution in [0.5, 0.6) is 5.75 Å². The molecule has 3 amide bonds. The molecule has 2 aromatic rings. The standard InChI is InChI=1S/C24H34N4O6S2/c1-15(2)25-24(31)26-18-8-9-20-19(11-18)23(30)28(17(4)14-29)12-16(3)21(34-20)13-27(5)36(32,33)22-7-6-10-35-22/h6-11,15-17,21,29H,12-14H2,1-5H3,(H2,25,26,31)/t16-,17-,21-/m0/s1. The number of fused-ring (bicyclic) bond motifs is 1. The quantitative estimate of drug-likeness (QED) is 0.474. The summed E-state index contributed by atoms with van der Waals surface area (Å²) in [7, 11) is -2.19. The minimum absolute atomic E-state index is 0.0627. The maximum atomic E-state index is 13.5. The summed E-state index contributed by atoms with van der Waals surface area (Å²) in [5.74, 6) is -0.306. The van der Waals surface area contributed by atoms with Gasteiger partial charge >= 0.3 is 6.03 Å². The molecule has 10 nitrogen and oxygen atoms in total. The molecule has 12 heteroatoms. The van der Waals surface area contributed by atoms with Crippen LogP contribution in [-0.2, 0) is 10.0 Å². The van der Waals surface area contributed by atoms with Crippen LogP contribution >= 0.6 is 11.3 Å². The molecule has 0 radical (unpaired) electrons. The number of benzene rings is 1. The first-order chi connectivity index (χ1) is 16.9. The van der Waals surface area contributed by atoms with E-state index < -0.39 is 28.2 Å². The number of amides is 3. The number of nitrogens with one attached hydrogen (secondary N) is 2. The number of hydrogen-bond donors (Lipinski definition) is 3. The average molecular weight is 539 g/mol. The van der Waals surface area contributed by atoms with Crippen molar-refractivity contribution >= 4 is 39.0 Å². The first-order valence-electron chi connectivity index (χ1n) is 11.7. The molecule has 0 saturated carbocycles. The SMILES string of the molecule is CC(C)NC(=O)Nc1ccc2c(c1)C(=O)N([C@@H](C)CO)C[C@H](C)[C@H](CN(C)S(=O)(=O)c1cccs1)O2. The highest BCUT2D eigenvalue weighted by atomic mass is 32.2. The number of ether oxygens (including phenoxy) is 1. The molecular formula is C24H34N4O6S2. The van der Waals surface area contributed by atoms with Gasteiger partial charge in [-0.3, -0.25) is 4.79 Å². The van der Waals surface area contributed by atoms with E-state index in [0.717, 1.165) is 11.3 Å². The molecule has 3 N–H and O–H groups in total. The Kier molecular flexibility index (Phi) is 8.98. The Balaban J connectivity index is 1.94. The van der Waals surface area contributed by atoms with Gasteiger partial charge in [0, 0.05) is 31.2 Å². The molecule has 0 bridgehead atoms. The summed E-state index contributed by atoms with van der Waals surface area (Å²) in [5, 5.41) is 17.0. The number of nitrogens with zero attached hydrogens (tertiary/aromatic N) is 2. The van der Waals surface area contributed by atoms with Crippen LogP contribution in [-0.4, -0.2) is 79.6 Å². The fourth-order valence-corrected chi connectivity index (χ4v) is 6.25. The first kappa shape index (κ1) is 27.9. The van der Waals surface area contributed by atoms with Gasteiger partial charge in [0.25, 0.3) is 15.9 Å². The van der Waals surface area contributed by atoms with Gasteiger partial charge in [-0.05, 0) is 50.4 Å². The van der Waals surface area contributed by atoms with E-state index in [1.807, 2.05) is 20.8 Å². The Labute approximate surface area is 216 Å². The maximum absolute atomic E-state index is 13.5. The van der Waals surface area contributed by atoms with Gasteiger partial charge in [0.1, 0.15) is 16.1 Å². The Morgan fingerprint density at radius 3 is 2.64 bits per heavy atom. The number of carbonyl (C=O) groups excluding carboxylic acids is 2. The molecule has 3 rings (SSSR count). The molecule has 1 aliphatic heterocycles. The minimum atomic E-state index is -3.70. The lowest BCUT2D eigenvalue weighted by Crippen LogP contribution is -2.50. The normalized spacial score (nSPS) is 19.3. The molecule has 36 heavy (non-hydrogen) atoms. The predicted molar refractivity (Wildman–Crippen MR) is 139 cm³/mol. The second-order valence-corrected chi connectivity index (χ2v) is 12.5. The molecule has 3 atom stereocenters. The minimum Gasteiger partial charge on any atom is -0.488 e. The smallest absolute Gasteiger partial charge is 0.319 e. The number of carbonyl (C=O) groups is 2. The van der Waals surface area contributed by atoms with E-state index in [4.69, 9.17) is 4.74 Å². The van der Waals surface area contributed by atoms with E-state index in [0.29, 0.717) is 5.69 Å². The Hall–Kier alpha value is -2.67. The second-order valence-electron chi connectivity index (χ2n) is 9.30. The van der Waals surface area contributed by atoms with Gasteiger partial charge in [0.2, 0.25) is 0 Å². The van der Waals surface area contributed by atoms with Crippen LogP contribution in [0.3, 0.4) is 0 Å². The molecule has 1 aromatic carbocycles. The van der Waals surface area contributed by atoms with Crippen LogP contribution < -0.4 is 15.4 Å². The lowest BCUT2D eigenvalue weighted by atomic mass is 9.99. The summed E-state index contributed by atoms with van der Waals surface area (Å²) >= 11 is 1.14. The van der Waals surface area contributed by atoms with Crippen LogP contribution in [0.15, 0.2) is 39.9 Å². The lowest BCUT2D eigenvalue weighted by Gasteiger charge is -2.38. The molecule has 2 heterocycles. The second kappa shape index (κ2) is 11.6. The molecule has 0 unspecified atom stereocenters. The lowest BCUT2D eigenvalue weighted by molar-refractivity contribution is 0.0387. The van der Waals surface area contributed by atoms with Gasteiger partial charge in [-0.1, -0.05) is 13.0 Å². The molecular weight excluding hydrogens is 504 g/mol. The summed E-state index contributed by atoms with van der Waals surface area (Å²) in [6, 6.07) is 7.06. The Bertz CT molecular complexity index is 1170. The van der Waals surface area contributed by atoms with Crippen LogP contribution in [0.4, 0.5) is 10.5 Å². The number of thiophene rings is 1. The maximum Gasteiger partial charge on any atom is 0.319 e. The van der Waals surface area contributed by atoms with Crippen molar-refractivity contribution in [3.05, 3.63) is 41.3 Å². The van der Waals surface area contributed by atoms with E-state index >= 15 is 0 Å². The number of sulfonamides is 1. The third-order valence-corrected chi connectivity index (χ3v) is 9.14. The topological polar surface area (TPSA) is 128 Å². The van der Waals surface area contributed by atoms with E-state index in [2.05, 4.69) is 10.6 Å². The number of hydrogen-bond acceptors (Lipinski definition) is 7. The number of urea groups is 1. The predicted octanol–water partition coefficient (Wildman–Crippen LogP) is 2.82. The van der Waals surface area contributed by atoms with Gasteiger partial charge < -0.3 is 25.4 Å². The Morgan fingerprint density at radius 2 is 2.03 bits per heavy atom. The highest BCUT2D eigenvalue weighted by molar-refractivity contribution is 7.91. The zero-order valence-corrected chi connectivity index (χ0v) is 22.7. The molecule has 0 saturated heterocycles. The molecule has 0 fully saturated rings. The summed E-state index contributed by atoms with van der Waals surface area (Å²) in [6.07, 6.45) is -0.576. The largest absolute Gasteiger partial charge is 0.488 e. The summed E-state index contributed by atoms with van der Waals surface area (Å²) in [5.41, 5.74) is 0.626. The zero-order chi connectivity index (χ0) is 26.6. The van der Waals surface area contributed by atoms with Gasteiger partial charge in [0.05, 0.1) is 24.8 Å². The van der Waals surface area contributed by atoms with Crippen molar-refractivity contribution in [2.75, 3.05) is 32.1 Å². The first-order valence-corrected chi connectivity index (χ1v) is 14.1. The molecule has 0 spiro atoms. The fourth-order valence-electron chi connectivity index (χ4n) is 3.86. The van der Waals surface area contributed by atoms with Crippen molar-refractivity contribution in [1.29, 1.82) is 0 Å². The monoisotopic (exact) mass is 538 g/mol. The Morgan fingerprint density at radius 1 is 1.31 bits per heavy atom. The molecule has 1 aliphatic rings. The van der Waals surface area contributed by atoms with Crippen LogP contribution in [0.2, 0.25) is 0 Å². The zero-order valence-electron chi connectivity index (χ0n) is 21.1. The van der Waals surface area contributed by atoms with E-state index in [1.165, 1.54) is 17.4 Å². The summed E-state index contributed by atoms with van der Waals surface area (Å²) in [6.45, 7) is 7.38. The van der Waals surface area contributed by atoms with Crippen molar-refractivity contribution in [2.24, 2.45) is 5.92 Å². The van der Waals surface area contributed by atoms with Crippen molar-refractivity contribution in [2.45, 2.75) is 50.1 Å². The third-order valence-electron chi connectivity index (χ3n) is 5.94. The van der Waals surface area contributed by atoms with Crippen LogP contribution in [0, 0.1) is 5.92 Å². The van der Waals surface area contributed by atoms with Crippen LogP contribution in [0.1, 0.15) is 38.1 Å². The van der Waals surface area contributed by atoms with E-state index in [-0.39, 0.29) is 53.1 Å². The fraction of sp³-hybridized carbons (Fsp3) is 0.500. The van der Waals surface area contributed by atoms with E-state index in [1.54, 1.807) is 41.5 Å². The summed E-state index contributed by atoms with van der Waals surface area (Å²) in [4.78, 5) is 27.2. The average Bonchev–Trinajstić information content (AvgIpc) is 3.36. The van der Waals surface area contributed by atoms with Crippen molar-refractivity contribution in [3.8, 4) is 5.75 Å². The number of rotatable bonds is 8. The number of anilines is 1. The van der Waals surface area contributed by atoms with Crippen molar-refractivity contribution < 1.29 is 27.9 Å². The third kappa shape index (κ3) is 6.36. The summed E-state index contributed by atoms with van der Waals surface area (Å²) < 4.78 is 33.8. The molecule has 198 valence electrons. The molecule has 0 aliphatic carbocycles. The number of aliphatic hydroxyl groups excluding tert-OH is 1. The van der Waals surface area contributed by atoms with Gasteiger partial charge in [-0.2, -0.15) is 4.31 Å². The highest BCUT2D eigenvalue weighted by Gasteiger charge is 2.35. The van der Waals surface area contributed by atoms with Crippen molar-refractivity contribution in [1.82, 2.24) is 14.5 Å². The van der Waals surface area contributed by atoms with E-state index in [9.17, 15) is 23.1 Å². The van der Waals surface area contributed by atoms with Gasteiger partial charge in [0.15, 0.2) is 0 Å². The van der Waals surface area contributed by atoms with Gasteiger partial charge in [-0.25, -0.2) is 13.2 Å². The number of aliphatic hydroxyl groups is 1. The number of likely N-dealkylation sites (N-methyl/N-ethyl adjacent to an activating group) is 1. The van der Waals surface area contributed by atoms with Gasteiger partial charge in [-0.15, -0.1) is 11.3 Å². The highest BCUT2D eigenvalue weighted by Crippen LogP contribution is 2.31. The van der Waals surface area contributed by atoms with Crippen molar-refractivity contribution in [3.63, 3.8) is 0 Å². The van der Waals surface area contributed by atoms with Crippen LogP contribution in [0.25, 0.3) is 0 Å².